The Kier molecular flexibility index (Phi) is 5.56. The van der Waals surface area contributed by atoms with Crippen LogP contribution in [0, 0.1) is 0 Å². The average Bonchev–Trinajstić information content (AvgIpc) is 2.27. The molecule has 1 nitrogen and oxygen atoms in total. The van der Waals surface area contributed by atoms with Crippen LogP contribution in [0.4, 0.5) is 5.69 Å². The summed E-state index contributed by atoms with van der Waals surface area (Å²) in [5, 5.41) is 4.33. The maximum atomic E-state index is 5.84. The highest BCUT2D eigenvalue weighted by atomic mass is 35.5. The van der Waals surface area contributed by atoms with Crippen LogP contribution in [-0.2, 0) is 0 Å². The molecule has 0 saturated heterocycles. The largest absolute Gasteiger partial charge is 0.382 e. The van der Waals surface area contributed by atoms with Crippen LogP contribution in [-0.4, -0.2) is 6.04 Å². The Morgan fingerprint density at radius 3 is 2.40 bits per heavy atom. The molecule has 1 unspecified atom stereocenters. The van der Waals surface area contributed by atoms with Crippen molar-refractivity contribution < 1.29 is 0 Å². The van der Waals surface area contributed by atoms with Gasteiger partial charge in [0.15, 0.2) is 0 Å². The van der Waals surface area contributed by atoms with Gasteiger partial charge in [0.1, 0.15) is 0 Å². The van der Waals surface area contributed by atoms with E-state index < -0.39 is 0 Å². The van der Waals surface area contributed by atoms with E-state index in [1.54, 1.807) is 0 Å². The van der Waals surface area contributed by atoms with Crippen LogP contribution in [0.1, 0.15) is 39.5 Å². The second-order valence-electron chi connectivity index (χ2n) is 3.90. The molecule has 0 heterocycles. The van der Waals surface area contributed by atoms with E-state index in [0.29, 0.717) is 6.04 Å². The van der Waals surface area contributed by atoms with Gasteiger partial charge in [-0.1, -0.05) is 38.3 Å². The van der Waals surface area contributed by atoms with Crippen molar-refractivity contribution in [2.75, 3.05) is 5.32 Å². The maximum absolute atomic E-state index is 5.84. The molecule has 0 aliphatic carbocycles. The zero-order valence-corrected chi connectivity index (χ0v) is 10.3. The number of hydrogen-bond acceptors (Lipinski definition) is 1. The highest BCUT2D eigenvalue weighted by Crippen LogP contribution is 2.16. The van der Waals surface area contributed by atoms with Gasteiger partial charge in [-0.3, -0.25) is 0 Å². The zero-order valence-electron chi connectivity index (χ0n) is 9.59. The van der Waals surface area contributed by atoms with Gasteiger partial charge in [-0.25, -0.2) is 0 Å². The van der Waals surface area contributed by atoms with Crippen molar-refractivity contribution >= 4 is 17.3 Å². The average molecular weight is 226 g/mol. The highest BCUT2D eigenvalue weighted by Gasteiger charge is 2.04. The molecule has 84 valence electrons. The number of unbranched alkanes of at least 4 members (excludes halogenated alkanes) is 1. The second kappa shape index (κ2) is 6.73. The Morgan fingerprint density at radius 2 is 1.87 bits per heavy atom. The van der Waals surface area contributed by atoms with Crippen molar-refractivity contribution in [1.82, 2.24) is 0 Å². The molecule has 1 N–H and O–H groups in total. The molecular formula is C13H20ClN. The third-order valence-corrected chi connectivity index (χ3v) is 2.87. The number of anilines is 1. The lowest BCUT2D eigenvalue weighted by Gasteiger charge is -2.17. The van der Waals surface area contributed by atoms with E-state index in [-0.39, 0.29) is 0 Å². The molecule has 0 radical (unpaired) electrons. The molecule has 0 bridgehead atoms. The van der Waals surface area contributed by atoms with Crippen LogP contribution in [0.2, 0.25) is 5.02 Å². The number of hydrogen-bond donors (Lipinski definition) is 1. The van der Waals surface area contributed by atoms with Crippen molar-refractivity contribution in [3.63, 3.8) is 0 Å². The van der Waals surface area contributed by atoms with Crippen molar-refractivity contribution in [2.24, 2.45) is 0 Å². The Bertz CT molecular complexity index is 268. The summed E-state index contributed by atoms with van der Waals surface area (Å²) in [6.45, 7) is 4.46. The standard InChI is InChI=1S/C13H20ClN/c1-3-5-6-12(4-2)15-13-9-7-11(14)8-10-13/h7-10,12,15H,3-6H2,1-2H3. The molecule has 0 aliphatic rings. The summed E-state index contributed by atoms with van der Waals surface area (Å²) in [4.78, 5) is 0. The van der Waals surface area contributed by atoms with Gasteiger partial charge < -0.3 is 5.32 Å². The molecule has 0 aliphatic heterocycles. The summed E-state index contributed by atoms with van der Waals surface area (Å²) in [6, 6.07) is 8.52. The van der Waals surface area contributed by atoms with Gasteiger partial charge in [0, 0.05) is 16.8 Å². The predicted molar refractivity (Wildman–Crippen MR) is 68.7 cm³/mol. The lowest BCUT2D eigenvalue weighted by atomic mass is 10.1. The first kappa shape index (κ1) is 12.4. The van der Waals surface area contributed by atoms with Crippen LogP contribution in [0.25, 0.3) is 0 Å². The van der Waals surface area contributed by atoms with Crippen LogP contribution >= 0.6 is 11.6 Å². The molecule has 1 atom stereocenters. The Labute approximate surface area is 97.8 Å². The molecule has 0 amide bonds. The first-order valence-electron chi connectivity index (χ1n) is 5.78. The summed E-state index contributed by atoms with van der Waals surface area (Å²) in [5.74, 6) is 0. The van der Waals surface area contributed by atoms with E-state index in [0.717, 1.165) is 5.02 Å². The summed E-state index contributed by atoms with van der Waals surface area (Å²) in [5.41, 5.74) is 1.17. The van der Waals surface area contributed by atoms with E-state index in [1.807, 2.05) is 24.3 Å². The molecule has 1 aromatic rings. The molecule has 1 rings (SSSR count). The normalized spacial score (nSPS) is 12.5. The van der Waals surface area contributed by atoms with Gasteiger partial charge in [0.2, 0.25) is 0 Å². The highest BCUT2D eigenvalue weighted by molar-refractivity contribution is 6.30. The minimum atomic E-state index is 0.589. The smallest absolute Gasteiger partial charge is 0.0407 e. The predicted octanol–water partition coefficient (Wildman–Crippen LogP) is 4.72. The Morgan fingerprint density at radius 1 is 1.20 bits per heavy atom. The fourth-order valence-corrected chi connectivity index (χ4v) is 1.74. The van der Waals surface area contributed by atoms with E-state index in [4.69, 9.17) is 11.6 Å². The minimum absolute atomic E-state index is 0.589. The van der Waals surface area contributed by atoms with Gasteiger partial charge in [-0.2, -0.15) is 0 Å². The quantitative estimate of drug-likeness (QED) is 0.739. The fraction of sp³-hybridized carbons (Fsp3) is 0.538. The van der Waals surface area contributed by atoms with Gasteiger partial charge in [0.05, 0.1) is 0 Å². The van der Waals surface area contributed by atoms with Crippen LogP contribution in [0.5, 0.6) is 0 Å². The maximum Gasteiger partial charge on any atom is 0.0407 e. The number of nitrogens with one attached hydrogen (secondary N) is 1. The van der Waals surface area contributed by atoms with Crippen LogP contribution < -0.4 is 5.32 Å². The molecule has 0 aromatic heterocycles. The monoisotopic (exact) mass is 225 g/mol. The van der Waals surface area contributed by atoms with E-state index in [9.17, 15) is 0 Å². The minimum Gasteiger partial charge on any atom is -0.382 e. The molecule has 2 heteroatoms. The van der Waals surface area contributed by atoms with Crippen LogP contribution in [0.3, 0.4) is 0 Å². The number of benzene rings is 1. The zero-order chi connectivity index (χ0) is 11.1. The first-order chi connectivity index (χ1) is 7.26. The van der Waals surface area contributed by atoms with Gasteiger partial charge >= 0.3 is 0 Å². The second-order valence-corrected chi connectivity index (χ2v) is 4.34. The molecule has 0 saturated carbocycles. The third-order valence-electron chi connectivity index (χ3n) is 2.61. The molecular weight excluding hydrogens is 206 g/mol. The van der Waals surface area contributed by atoms with Gasteiger partial charge in [0.25, 0.3) is 0 Å². The van der Waals surface area contributed by atoms with E-state index >= 15 is 0 Å². The van der Waals surface area contributed by atoms with E-state index in [2.05, 4.69) is 19.2 Å². The van der Waals surface area contributed by atoms with E-state index in [1.165, 1.54) is 31.4 Å². The van der Waals surface area contributed by atoms with Crippen molar-refractivity contribution in [3.8, 4) is 0 Å². The molecule has 15 heavy (non-hydrogen) atoms. The lowest BCUT2D eigenvalue weighted by molar-refractivity contribution is 0.593. The third kappa shape index (κ3) is 4.57. The lowest BCUT2D eigenvalue weighted by Crippen LogP contribution is -2.17. The Hall–Kier alpha value is -0.690. The fourth-order valence-electron chi connectivity index (χ4n) is 1.61. The molecule has 0 spiro atoms. The molecule has 0 fully saturated rings. The number of rotatable bonds is 6. The van der Waals surface area contributed by atoms with Crippen molar-refractivity contribution in [3.05, 3.63) is 29.3 Å². The summed E-state index contributed by atoms with van der Waals surface area (Å²) >= 11 is 5.84. The SMILES string of the molecule is CCCCC(CC)Nc1ccc(Cl)cc1. The van der Waals surface area contributed by atoms with Crippen molar-refractivity contribution in [1.29, 1.82) is 0 Å². The molecule has 1 aromatic carbocycles. The summed E-state index contributed by atoms with van der Waals surface area (Å²) < 4.78 is 0. The van der Waals surface area contributed by atoms with Gasteiger partial charge in [-0.05, 0) is 37.1 Å². The Balaban J connectivity index is 2.47. The topological polar surface area (TPSA) is 12.0 Å². The van der Waals surface area contributed by atoms with Gasteiger partial charge in [-0.15, -0.1) is 0 Å². The van der Waals surface area contributed by atoms with Crippen LogP contribution in [0.15, 0.2) is 24.3 Å². The summed E-state index contributed by atoms with van der Waals surface area (Å²) in [6.07, 6.45) is 4.97. The first-order valence-corrected chi connectivity index (χ1v) is 6.16. The number of halogens is 1. The van der Waals surface area contributed by atoms with Crippen molar-refractivity contribution in [2.45, 2.75) is 45.6 Å². The summed E-state index contributed by atoms with van der Waals surface area (Å²) in [7, 11) is 0.